The summed E-state index contributed by atoms with van der Waals surface area (Å²) in [6, 6.07) is 15.1. The minimum Gasteiger partial charge on any atom is -0.301 e. The van der Waals surface area contributed by atoms with Gasteiger partial charge in [0.15, 0.2) is 10.9 Å². The van der Waals surface area contributed by atoms with Gasteiger partial charge in [0.1, 0.15) is 10.6 Å². The van der Waals surface area contributed by atoms with Crippen molar-refractivity contribution in [2.24, 2.45) is 0 Å². The molecule has 4 aromatic rings. The summed E-state index contributed by atoms with van der Waals surface area (Å²) in [4.78, 5) is 32.6. The number of Topliss-reactive ketones (excluding diaryl/α,β-unsaturated/α-hetero) is 1. The molecule has 0 spiro atoms. The molecule has 0 aliphatic carbocycles. The number of fused-ring (bicyclic) bond motifs is 1. The molecule has 4 rings (SSSR count). The zero-order valence-corrected chi connectivity index (χ0v) is 15.6. The summed E-state index contributed by atoms with van der Waals surface area (Å²) in [6.45, 7) is 0. The Morgan fingerprint density at radius 1 is 1.11 bits per heavy atom. The van der Waals surface area contributed by atoms with E-state index in [4.69, 9.17) is 0 Å². The Balaban J connectivity index is 1.58. The first-order valence-electron chi connectivity index (χ1n) is 8.10. The van der Waals surface area contributed by atoms with E-state index in [2.05, 4.69) is 9.97 Å². The van der Waals surface area contributed by atoms with Crippen LogP contribution in [0.25, 0.3) is 21.3 Å². The largest absolute Gasteiger partial charge is 0.301 e. The molecule has 0 aliphatic rings. The van der Waals surface area contributed by atoms with Gasteiger partial charge in [-0.1, -0.05) is 42.1 Å². The Labute approximate surface area is 162 Å². The highest BCUT2D eigenvalue weighted by atomic mass is 32.2. The van der Waals surface area contributed by atoms with Crippen molar-refractivity contribution in [3.63, 3.8) is 0 Å². The summed E-state index contributed by atoms with van der Waals surface area (Å²) in [5, 5.41) is 2.87. The monoisotopic (exact) mass is 396 g/mol. The first-order valence-corrected chi connectivity index (χ1v) is 9.97. The number of halogens is 1. The number of H-pyrrole nitrogens is 1. The number of carbonyl (C=O) groups excluding carboxylic acids is 1. The Bertz CT molecular complexity index is 1170. The van der Waals surface area contributed by atoms with Crippen LogP contribution in [0.3, 0.4) is 0 Å². The van der Waals surface area contributed by atoms with E-state index in [1.54, 1.807) is 0 Å². The standard InChI is InChI=1S/C20H13FN2O2S2/c21-14-8-6-13(7-9-14)16(24)11-27-20-22-18(25)17-15(10-26-19(17)23-20)12-4-2-1-3-5-12/h1-10H,11H2,(H,22,23,25). The molecule has 4 nitrogen and oxygen atoms in total. The average molecular weight is 396 g/mol. The van der Waals surface area contributed by atoms with E-state index in [0.29, 0.717) is 20.9 Å². The lowest BCUT2D eigenvalue weighted by molar-refractivity contribution is 0.102. The molecule has 2 heterocycles. The topological polar surface area (TPSA) is 62.8 Å². The van der Waals surface area contributed by atoms with Crippen LogP contribution in [0, 0.1) is 5.82 Å². The summed E-state index contributed by atoms with van der Waals surface area (Å²) in [5.41, 5.74) is 2.01. The zero-order chi connectivity index (χ0) is 18.8. The van der Waals surface area contributed by atoms with Crippen molar-refractivity contribution >= 4 is 39.1 Å². The fourth-order valence-electron chi connectivity index (χ4n) is 2.68. The molecule has 0 radical (unpaired) electrons. The molecule has 0 amide bonds. The first kappa shape index (κ1) is 17.6. The predicted octanol–water partition coefficient (Wildman–Crippen LogP) is 4.77. The van der Waals surface area contributed by atoms with Crippen molar-refractivity contribution in [2.45, 2.75) is 5.16 Å². The molecule has 1 N–H and O–H groups in total. The number of nitrogens with one attached hydrogen (secondary N) is 1. The van der Waals surface area contributed by atoms with Gasteiger partial charge in [-0.3, -0.25) is 9.59 Å². The highest BCUT2D eigenvalue weighted by Gasteiger charge is 2.14. The van der Waals surface area contributed by atoms with Crippen LogP contribution < -0.4 is 5.56 Å². The second-order valence-electron chi connectivity index (χ2n) is 5.79. The number of ketones is 1. The van der Waals surface area contributed by atoms with Crippen molar-refractivity contribution in [3.8, 4) is 11.1 Å². The molecule has 0 saturated heterocycles. The molecule has 0 saturated carbocycles. The van der Waals surface area contributed by atoms with Gasteiger partial charge in [-0.25, -0.2) is 9.37 Å². The van der Waals surface area contributed by atoms with Crippen LogP contribution in [0.5, 0.6) is 0 Å². The van der Waals surface area contributed by atoms with Crippen LogP contribution in [0.4, 0.5) is 4.39 Å². The maximum Gasteiger partial charge on any atom is 0.260 e. The van der Waals surface area contributed by atoms with Gasteiger partial charge in [-0.05, 0) is 29.8 Å². The number of aromatic amines is 1. The SMILES string of the molecule is O=C(CSc1nc2scc(-c3ccccc3)c2c(=O)[nH]1)c1ccc(F)cc1. The smallest absolute Gasteiger partial charge is 0.260 e. The van der Waals surface area contributed by atoms with Crippen LogP contribution >= 0.6 is 23.1 Å². The van der Waals surface area contributed by atoms with E-state index in [0.717, 1.165) is 22.9 Å². The number of carbonyl (C=O) groups is 1. The fourth-order valence-corrected chi connectivity index (χ4v) is 4.44. The number of rotatable bonds is 5. The minimum atomic E-state index is -0.387. The average Bonchev–Trinajstić information content (AvgIpc) is 3.12. The van der Waals surface area contributed by atoms with Gasteiger partial charge in [-0.2, -0.15) is 0 Å². The molecule has 7 heteroatoms. The number of benzene rings is 2. The quantitative estimate of drug-likeness (QED) is 0.300. The first-order chi connectivity index (χ1) is 13.1. The van der Waals surface area contributed by atoms with Gasteiger partial charge in [0.25, 0.3) is 5.56 Å². The summed E-state index contributed by atoms with van der Waals surface area (Å²) < 4.78 is 13.0. The molecule has 0 aliphatic heterocycles. The van der Waals surface area contributed by atoms with Crippen LogP contribution in [-0.4, -0.2) is 21.5 Å². The lowest BCUT2D eigenvalue weighted by Gasteiger charge is -2.03. The van der Waals surface area contributed by atoms with Gasteiger partial charge < -0.3 is 4.98 Å². The highest BCUT2D eigenvalue weighted by Crippen LogP contribution is 2.31. The number of aromatic nitrogens is 2. The molecule has 134 valence electrons. The molecule has 0 fully saturated rings. The number of nitrogens with zero attached hydrogens (tertiary/aromatic N) is 1. The van der Waals surface area contributed by atoms with Crippen LogP contribution in [0.2, 0.25) is 0 Å². The Kier molecular flexibility index (Phi) is 4.87. The molecule has 0 atom stereocenters. The van der Waals surface area contributed by atoms with Gasteiger partial charge in [0.05, 0.1) is 11.1 Å². The summed E-state index contributed by atoms with van der Waals surface area (Å²) in [5.74, 6) is -0.432. The van der Waals surface area contributed by atoms with E-state index in [1.807, 2.05) is 35.7 Å². The minimum absolute atomic E-state index is 0.108. The Morgan fingerprint density at radius 2 is 1.85 bits per heavy atom. The summed E-state index contributed by atoms with van der Waals surface area (Å²) >= 11 is 2.56. The van der Waals surface area contributed by atoms with E-state index >= 15 is 0 Å². The van der Waals surface area contributed by atoms with Crippen molar-refractivity contribution in [1.29, 1.82) is 0 Å². The van der Waals surface area contributed by atoms with Crippen LogP contribution in [-0.2, 0) is 0 Å². The number of hydrogen-bond donors (Lipinski definition) is 1. The Hall–Kier alpha value is -2.77. The van der Waals surface area contributed by atoms with Gasteiger partial charge in [-0.15, -0.1) is 11.3 Å². The van der Waals surface area contributed by atoms with Crippen molar-refractivity contribution in [2.75, 3.05) is 5.75 Å². The lowest BCUT2D eigenvalue weighted by atomic mass is 10.1. The highest BCUT2D eigenvalue weighted by molar-refractivity contribution is 7.99. The lowest BCUT2D eigenvalue weighted by Crippen LogP contribution is -2.10. The maximum absolute atomic E-state index is 13.0. The zero-order valence-electron chi connectivity index (χ0n) is 13.9. The van der Waals surface area contributed by atoms with Crippen LogP contribution in [0.1, 0.15) is 10.4 Å². The van der Waals surface area contributed by atoms with E-state index < -0.39 is 0 Å². The molecule has 0 bridgehead atoms. The van der Waals surface area contributed by atoms with Gasteiger partial charge in [0.2, 0.25) is 0 Å². The van der Waals surface area contributed by atoms with Crippen molar-refractivity contribution < 1.29 is 9.18 Å². The van der Waals surface area contributed by atoms with Crippen molar-refractivity contribution in [3.05, 3.63) is 81.7 Å². The fraction of sp³-hybridized carbons (Fsp3) is 0.0500. The Morgan fingerprint density at radius 3 is 2.59 bits per heavy atom. The second-order valence-corrected chi connectivity index (χ2v) is 7.61. The van der Waals surface area contributed by atoms with E-state index in [1.165, 1.54) is 35.6 Å². The molecule has 27 heavy (non-hydrogen) atoms. The number of hydrogen-bond acceptors (Lipinski definition) is 5. The third kappa shape index (κ3) is 3.70. The maximum atomic E-state index is 13.0. The second kappa shape index (κ2) is 7.46. The normalized spacial score (nSPS) is 11.0. The molecular formula is C20H13FN2O2S2. The van der Waals surface area contributed by atoms with Crippen LogP contribution in [0.15, 0.2) is 69.9 Å². The number of thioether (sulfide) groups is 1. The molecule has 2 aromatic carbocycles. The summed E-state index contributed by atoms with van der Waals surface area (Å²) in [6.07, 6.45) is 0. The molecule has 2 aromatic heterocycles. The van der Waals surface area contributed by atoms with Crippen molar-refractivity contribution in [1.82, 2.24) is 9.97 Å². The molecular weight excluding hydrogens is 383 g/mol. The van der Waals surface area contributed by atoms with E-state index in [9.17, 15) is 14.0 Å². The van der Waals surface area contributed by atoms with Gasteiger partial charge >= 0.3 is 0 Å². The predicted molar refractivity (Wildman–Crippen MR) is 107 cm³/mol. The third-order valence-electron chi connectivity index (χ3n) is 4.01. The van der Waals surface area contributed by atoms with E-state index in [-0.39, 0.29) is 22.9 Å². The third-order valence-corrected chi connectivity index (χ3v) is 5.76. The van der Waals surface area contributed by atoms with Gasteiger partial charge in [0, 0.05) is 16.5 Å². The number of thiophene rings is 1. The summed E-state index contributed by atoms with van der Waals surface area (Å²) in [7, 11) is 0. The molecule has 0 unspecified atom stereocenters.